The van der Waals surface area contributed by atoms with E-state index in [1.807, 2.05) is 0 Å². The van der Waals surface area contributed by atoms with Crippen LogP contribution in [-0.2, 0) is 18.4 Å². The monoisotopic (exact) mass is 695 g/mol. The molecule has 0 aromatic heterocycles. The lowest BCUT2D eigenvalue weighted by Gasteiger charge is -2.41. The minimum atomic E-state index is -5.13. The van der Waals surface area contributed by atoms with Crippen molar-refractivity contribution < 1.29 is 59.0 Å². The third-order valence-electron chi connectivity index (χ3n) is 8.29. The van der Waals surface area contributed by atoms with Crippen LogP contribution in [0.3, 0.4) is 0 Å². The third-order valence-corrected chi connectivity index (χ3v) is 9.28. The van der Waals surface area contributed by atoms with Crippen LogP contribution in [0, 0.1) is 0 Å². The zero-order valence-electron chi connectivity index (χ0n) is 28.2. The summed E-state index contributed by atoms with van der Waals surface area (Å²) in [6.07, 6.45) is 7.69. The summed E-state index contributed by atoms with van der Waals surface area (Å²) >= 11 is 0. The number of aliphatic hydroxyl groups excluding tert-OH is 7. The van der Waals surface area contributed by atoms with Crippen LogP contribution in [0.1, 0.15) is 117 Å². The van der Waals surface area contributed by atoms with E-state index < -0.39 is 75.2 Å². The van der Waals surface area contributed by atoms with Gasteiger partial charge in [-0.25, -0.2) is 4.57 Å². The van der Waals surface area contributed by atoms with E-state index in [-0.39, 0.29) is 6.42 Å². The predicted molar refractivity (Wildman–Crippen MR) is 178 cm³/mol. The highest BCUT2D eigenvalue weighted by Crippen LogP contribution is 2.47. The van der Waals surface area contributed by atoms with Crippen LogP contribution in [0.5, 0.6) is 0 Å². The molecule has 0 heterocycles. The summed E-state index contributed by atoms with van der Waals surface area (Å²) in [6, 6.07) is -1.25. The summed E-state index contributed by atoms with van der Waals surface area (Å²) in [4.78, 5) is 23.1. The van der Waals surface area contributed by atoms with Crippen LogP contribution in [-0.4, -0.2) is 108 Å². The van der Waals surface area contributed by atoms with Crippen molar-refractivity contribution >= 4 is 13.7 Å². The summed E-state index contributed by atoms with van der Waals surface area (Å²) < 4.78 is 22.6. The molecule has 0 aromatic rings. The number of phosphoric acid groups is 1. The SMILES string of the molecule is CCCCCC/C=C/CC/C=C/C(O)C(COP(=O)(O)OC1C(O)C(O)C(O)C(O)C1O)NC(=O)CC(O)CCCCCCCCC. The highest BCUT2D eigenvalue weighted by molar-refractivity contribution is 7.47. The molecule has 1 fully saturated rings. The molecular weight excluding hydrogens is 633 g/mol. The average molecular weight is 696 g/mol. The Kier molecular flexibility index (Phi) is 23.2. The van der Waals surface area contributed by atoms with Crippen LogP contribution >= 0.6 is 7.82 Å². The molecular formula is C33H62NO12P. The summed E-state index contributed by atoms with van der Waals surface area (Å²) in [5.41, 5.74) is 0. The molecule has 47 heavy (non-hydrogen) atoms. The predicted octanol–water partition coefficient (Wildman–Crippen LogP) is 2.91. The van der Waals surface area contributed by atoms with Gasteiger partial charge in [-0.15, -0.1) is 0 Å². The van der Waals surface area contributed by atoms with Gasteiger partial charge in [0.25, 0.3) is 0 Å². The number of rotatable bonds is 26. The maximum Gasteiger partial charge on any atom is 0.472 e. The van der Waals surface area contributed by atoms with Gasteiger partial charge in [0.1, 0.15) is 36.6 Å². The van der Waals surface area contributed by atoms with Gasteiger partial charge in [-0.1, -0.05) is 102 Å². The van der Waals surface area contributed by atoms with Crippen molar-refractivity contribution in [2.24, 2.45) is 0 Å². The molecule has 0 aromatic carbocycles. The second-order valence-electron chi connectivity index (χ2n) is 12.5. The number of allylic oxidation sites excluding steroid dienone is 3. The topological polar surface area (TPSA) is 226 Å². The van der Waals surface area contributed by atoms with E-state index in [9.17, 15) is 50.0 Å². The summed E-state index contributed by atoms with van der Waals surface area (Å²) in [5, 5.41) is 73.6. The Bertz CT molecular complexity index is 921. The number of unbranched alkanes of at least 4 members (excludes halogenated alkanes) is 11. The Morgan fingerprint density at radius 1 is 0.745 bits per heavy atom. The standard InChI is InChI=1S/C33H62NO12P/c1-3-5-7-9-11-12-13-15-17-19-21-26(36)25(34-27(37)22-24(35)20-18-16-14-10-8-6-4-2)23-45-47(43,44)46-33-31(41)29(39)28(38)30(40)32(33)42/h12-13,19,21,24-26,28-33,35-36,38-42H,3-11,14-18,20,22-23H2,1-2H3,(H,34,37)(H,43,44)/b13-12+,21-19+. The van der Waals surface area contributed by atoms with E-state index in [4.69, 9.17) is 9.05 Å². The van der Waals surface area contributed by atoms with Gasteiger partial charge in [-0.3, -0.25) is 13.8 Å². The lowest BCUT2D eigenvalue weighted by atomic mass is 9.85. The van der Waals surface area contributed by atoms with E-state index in [2.05, 4.69) is 31.3 Å². The van der Waals surface area contributed by atoms with E-state index in [0.29, 0.717) is 12.8 Å². The molecule has 0 spiro atoms. The Morgan fingerprint density at radius 2 is 1.26 bits per heavy atom. The third kappa shape index (κ3) is 18.4. The average Bonchev–Trinajstić information content (AvgIpc) is 3.03. The van der Waals surface area contributed by atoms with E-state index in [1.54, 1.807) is 6.08 Å². The highest BCUT2D eigenvalue weighted by atomic mass is 31.2. The second-order valence-corrected chi connectivity index (χ2v) is 14.0. The minimum absolute atomic E-state index is 0.252. The van der Waals surface area contributed by atoms with Gasteiger partial charge in [0.15, 0.2) is 0 Å². The summed E-state index contributed by atoms with van der Waals surface area (Å²) in [5.74, 6) is -0.612. The van der Waals surface area contributed by atoms with Crippen LogP contribution in [0.25, 0.3) is 0 Å². The molecule has 1 rings (SSSR count). The van der Waals surface area contributed by atoms with E-state index in [0.717, 1.165) is 51.4 Å². The molecule has 0 aliphatic heterocycles. The maximum absolute atomic E-state index is 12.8. The lowest BCUT2D eigenvalue weighted by Crippen LogP contribution is -2.64. The fraction of sp³-hybridized carbons (Fsp3) is 0.848. The number of hydrogen-bond acceptors (Lipinski definition) is 11. The van der Waals surface area contributed by atoms with Gasteiger partial charge in [0.05, 0.1) is 31.3 Å². The van der Waals surface area contributed by atoms with Crippen molar-refractivity contribution in [3.05, 3.63) is 24.3 Å². The van der Waals surface area contributed by atoms with E-state index >= 15 is 0 Å². The van der Waals surface area contributed by atoms with E-state index in [1.165, 1.54) is 38.2 Å². The van der Waals surface area contributed by atoms with Gasteiger partial charge < -0.3 is 46.0 Å². The highest BCUT2D eigenvalue weighted by Gasteiger charge is 2.51. The smallest absolute Gasteiger partial charge is 0.393 e. The number of amides is 1. The lowest BCUT2D eigenvalue weighted by molar-refractivity contribution is -0.220. The van der Waals surface area contributed by atoms with Crippen LogP contribution < -0.4 is 5.32 Å². The van der Waals surface area contributed by atoms with Crippen molar-refractivity contribution in [1.29, 1.82) is 0 Å². The van der Waals surface area contributed by atoms with Crippen molar-refractivity contribution in [2.75, 3.05) is 6.61 Å². The van der Waals surface area contributed by atoms with Gasteiger partial charge >= 0.3 is 7.82 Å². The van der Waals surface area contributed by atoms with Crippen molar-refractivity contribution in [1.82, 2.24) is 5.32 Å². The molecule has 0 radical (unpaired) electrons. The molecule has 1 aliphatic rings. The molecule has 0 saturated heterocycles. The van der Waals surface area contributed by atoms with Crippen LogP contribution in [0.4, 0.5) is 0 Å². The molecule has 13 nitrogen and oxygen atoms in total. The molecule has 1 amide bonds. The quantitative estimate of drug-likeness (QED) is 0.0362. The number of aliphatic hydroxyl groups is 7. The molecule has 8 atom stereocenters. The Labute approximate surface area is 280 Å². The number of carbonyl (C=O) groups excluding carboxylic acids is 1. The van der Waals surface area contributed by atoms with Crippen molar-refractivity contribution in [3.8, 4) is 0 Å². The van der Waals surface area contributed by atoms with Crippen molar-refractivity contribution in [3.63, 3.8) is 0 Å². The first kappa shape index (κ1) is 43.8. The molecule has 8 unspecified atom stereocenters. The Balaban J connectivity index is 2.77. The van der Waals surface area contributed by atoms with Crippen LogP contribution in [0.15, 0.2) is 24.3 Å². The normalized spacial score (nSPS) is 26.8. The first-order chi connectivity index (χ1) is 22.3. The Hall–Kier alpha value is -1.22. The van der Waals surface area contributed by atoms with Crippen LogP contribution in [0.2, 0.25) is 0 Å². The van der Waals surface area contributed by atoms with Crippen molar-refractivity contribution in [2.45, 2.75) is 171 Å². The Morgan fingerprint density at radius 3 is 1.87 bits per heavy atom. The number of hydrogen-bond donors (Lipinski definition) is 9. The van der Waals surface area contributed by atoms with Gasteiger partial charge in [0.2, 0.25) is 5.91 Å². The minimum Gasteiger partial charge on any atom is -0.393 e. The largest absolute Gasteiger partial charge is 0.472 e. The molecule has 14 heteroatoms. The number of carbonyl (C=O) groups is 1. The number of nitrogens with one attached hydrogen (secondary N) is 1. The van der Waals surface area contributed by atoms with Gasteiger partial charge in [0, 0.05) is 0 Å². The molecule has 276 valence electrons. The first-order valence-corrected chi connectivity index (χ1v) is 18.9. The fourth-order valence-electron chi connectivity index (χ4n) is 5.31. The molecule has 0 bridgehead atoms. The van der Waals surface area contributed by atoms with Gasteiger partial charge in [-0.05, 0) is 32.1 Å². The zero-order chi connectivity index (χ0) is 35.2. The molecule has 1 saturated carbocycles. The fourth-order valence-corrected chi connectivity index (χ4v) is 6.28. The number of phosphoric ester groups is 1. The molecule has 9 N–H and O–H groups in total. The maximum atomic E-state index is 12.8. The summed E-state index contributed by atoms with van der Waals surface area (Å²) in [7, 11) is -5.13. The first-order valence-electron chi connectivity index (χ1n) is 17.4. The second kappa shape index (κ2) is 24.8. The molecule has 1 aliphatic carbocycles. The van der Waals surface area contributed by atoms with Gasteiger partial charge in [-0.2, -0.15) is 0 Å². The zero-order valence-corrected chi connectivity index (χ0v) is 29.1. The summed E-state index contributed by atoms with van der Waals surface area (Å²) in [6.45, 7) is 3.57.